The summed E-state index contributed by atoms with van der Waals surface area (Å²) in [6.45, 7) is 6.16. The summed E-state index contributed by atoms with van der Waals surface area (Å²) in [7, 11) is 1.42. The molecule has 0 amide bonds. The number of benzene rings is 1. The average molecular weight is 249 g/mol. The maximum absolute atomic E-state index is 11.2. The van der Waals surface area contributed by atoms with E-state index in [2.05, 4.69) is 36.8 Å². The van der Waals surface area contributed by atoms with Gasteiger partial charge in [-0.3, -0.25) is 4.79 Å². The third-order valence-electron chi connectivity index (χ3n) is 3.23. The molecule has 2 atom stereocenters. The number of methoxy groups -OCH3 is 1. The summed E-state index contributed by atoms with van der Waals surface area (Å²) in [6, 6.07) is 6.29. The zero-order valence-corrected chi connectivity index (χ0v) is 11.7. The molecule has 2 unspecified atom stereocenters. The van der Waals surface area contributed by atoms with Crippen molar-refractivity contribution in [2.45, 2.75) is 39.7 Å². The standard InChI is InChI=1S/C15H23NO2/c1-10-5-6-12(3)13(7-10)14(16)8-11(2)9-15(17)18-4/h5-7,11,14H,8-9,16H2,1-4H3. The second-order valence-electron chi connectivity index (χ2n) is 5.09. The predicted molar refractivity (Wildman–Crippen MR) is 73.3 cm³/mol. The fraction of sp³-hybridized carbons (Fsp3) is 0.533. The van der Waals surface area contributed by atoms with Crippen molar-refractivity contribution in [1.29, 1.82) is 0 Å². The van der Waals surface area contributed by atoms with E-state index in [-0.39, 0.29) is 17.9 Å². The van der Waals surface area contributed by atoms with E-state index in [0.717, 1.165) is 6.42 Å². The molecular weight excluding hydrogens is 226 g/mol. The number of hydrogen-bond acceptors (Lipinski definition) is 3. The Kier molecular flexibility index (Phi) is 5.35. The Bertz CT molecular complexity index is 415. The Morgan fingerprint density at radius 2 is 2.06 bits per heavy atom. The minimum Gasteiger partial charge on any atom is -0.469 e. The average Bonchev–Trinajstić information content (AvgIpc) is 2.31. The molecule has 0 bridgehead atoms. The number of carbonyl (C=O) groups excluding carboxylic acids is 1. The van der Waals surface area contributed by atoms with Crippen LogP contribution in [0.4, 0.5) is 0 Å². The van der Waals surface area contributed by atoms with Crippen LogP contribution >= 0.6 is 0 Å². The number of hydrogen-bond donors (Lipinski definition) is 1. The van der Waals surface area contributed by atoms with Gasteiger partial charge in [0.05, 0.1) is 7.11 Å². The highest BCUT2D eigenvalue weighted by atomic mass is 16.5. The Morgan fingerprint density at radius 1 is 1.39 bits per heavy atom. The summed E-state index contributed by atoms with van der Waals surface area (Å²) in [5, 5.41) is 0. The van der Waals surface area contributed by atoms with Crippen LogP contribution in [-0.2, 0) is 9.53 Å². The molecule has 0 heterocycles. The maximum atomic E-state index is 11.2. The zero-order valence-electron chi connectivity index (χ0n) is 11.7. The van der Waals surface area contributed by atoms with Gasteiger partial charge in [0.2, 0.25) is 0 Å². The molecule has 0 saturated carbocycles. The number of rotatable bonds is 5. The van der Waals surface area contributed by atoms with Crippen LogP contribution in [0.3, 0.4) is 0 Å². The van der Waals surface area contributed by atoms with Crippen molar-refractivity contribution in [1.82, 2.24) is 0 Å². The van der Waals surface area contributed by atoms with Crippen molar-refractivity contribution in [3.8, 4) is 0 Å². The normalized spacial score (nSPS) is 14.1. The molecule has 0 aromatic heterocycles. The van der Waals surface area contributed by atoms with Gasteiger partial charge in [0.15, 0.2) is 0 Å². The quantitative estimate of drug-likeness (QED) is 0.816. The number of esters is 1. The third kappa shape index (κ3) is 4.15. The second-order valence-corrected chi connectivity index (χ2v) is 5.09. The van der Waals surface area contributed by atoms with Crippen molar-refractivity contribution in [2.24, 2.45) is 11.7 Å². The summed E-state index contributed by atoms with van der Waals surface area (Å²) in [4.78, 5) is 11.2. The summed E-state index contributed by atoms with van der Waals surface area (Å²) in [5.74, 6) is 0.0584. The van der Waals surface area contributed by atoms with Crippen LogP contribution in [0.25, 0.3) is 0 Å². The van der Waals surface area contributed by atoms with Gasteiger partial charge in [0, 0.05) is 12.5 Å². The van der Waals surface area contributed by atoms with Crippen LogP contribution in [-0.4, -0.2) is 13.1 Å². The van der Waals surface area contributed by atoms with Crippen molar-refractivity contribution >= 4 is 5.97 Å². The Labute approximate surface area is 109 Å². The molecule has 3 nitrogen and oxygen atoms in total. The fourth-order valence-corrected chi connectivity index (χ4v) is 2.17. The van der Waals surface area contributed by atoms with Crippen LogP contribution < -0.4 is 5.73 Å². The molecule has 0 fully saturated rings. The Morgan fingerprint density at radius 3 is 2.67 bits per heavy atom. The van der Waals surface area contributed by atoms with E-state index < -0.39 is 0 Å². The minimum atomic E-state index is -0.171. The van der Waals surface area contributed by atoms with Crippen molar-refractivity contribution < 1.29 is 9.53 Å². The fourth-order valence-electron chi connectivity index (χ4n) is 2.17. The highest BCUT2D eigenvalue weighted by molar-refractivity contribution is 5.69. The van der Waals surface area contributed by atoms with Gasteiger partial charge < -0.3 is 10.5 Å². The van der Waals surface area contributed by atoms with Gasteiger partial charge in [0.25, 0.3) is 0 Å². The molecule has 18 heavy (non-hydrogen) atoms. The van der Waals surface area contributed by atoms with E-state index in [0.29, 0.717) is 6.42 Å². The van der Waals surface area contributed by atoms with E-state index in [1.54, 1.807) is 0 Å². The van der Waals surface area contributed by atoms with Crippen molar-refractivity contribution in [3.05, 3.63) is 34.9 Å². The lowest BCUT2D eigenvalue weighted by Gasteiger charge is -2.19. The van der Waals surface area contributed by atoms with Crippen molar-refractivity contribution in [3.63, 3.8) is 0 Å². The van der Waals surface area contributed by atoms with E-state index in [1.807, 2.05) is 6.92 Å². The number of carbonyl (C=O) groups is 1. The van der Waals surface area contributed by atoms with Crippen LogP contribution in [0.2, 0.25) is 0 Å². The number of ether oxygens (including phenoxy) is 1. The van der Waals surface area contributed by atoms with Crippen LogP contribution in [0.5, 0.6) is 0 Å². The zero-order chi connectivity index (χ0) is 13.7. The first-order valence-electron chi connectivity index (χ1n) is 6.33. The highest BCUT2D eigenvalue weighted by Crippen LogP contribution is 2.24. The lowest BCUT2D eigenvalue weighted by molar-refractivity contribution is -0.141. The largest absolute Gasteiger partial charge is 0.469 e. The molecular formula is C15H23NO2. The monoisotopic (exact) mass is 249 g/mol. The molecule has 0 aliphatic heterocycles. The van der Waals surface area contributed by atoms with Gasteiger partial charge in [-0.25, -0.2) is 0 Å². The van der Waals surface area contributed by atoms with Gasteiger partial charge in [-0.1, -0.05) is 30.7 Å². The summed E-state index contributed by atoms with van der Waals surface area (Å²) >= 11 is 0. The smallest absolute Gasteiger partial charge is 0.305 e. The topological polar surface area (TPSA) is 52.3 Å². The van der Waals surface area contributed by atoms with E-state index >= 15 is 0 Å². The van der Waals surface area contributed by atoms with E-state index in [4.69, 9.17) is 5.73 Å². The maximum Gasteiger partial charge on any atom is 0.305 e. The second kappa shape index (κ2) is 6.55. The lowest BCUT2D eigenvalue weighted by Crippen LogP contribution is -2.17. The van der Waals surface area contributed by atoms with Crippen LogP contribution in [0, 0.1) is 19.8 Å². The Hall–Kier alpha value is -1.35. The first-order chi connectivity index (χ1) is 8.43. The van der Waals surface area contributed by atoms with Gasteiger partial charge >= 0.3 is 5.97 Å². The summed E-state index contributed by atoms with van der Waals surface area (Å²) < 4.78 is 4.67. The molecule has 2 N–H and O–H groups in total. The van der Waals surface area contributed by atoms with Gasteiger partial charge in [0.1, 0.15) is 0 Å². The molecule has 100 valence electrons. The highest BCUT2D eigenvalue weighted by Gasteiger charge is 2.16. The van der Waals surface area contributed by atoms with Crippen LogP contribution in [0.15, 0.2) is 18.2 Å². The molecule has 1 aromatic rings. The molecule has 0 saturated heterocycles. The van der Waals surface area contributed by atoms with Gasteiger partial charge in [-0.15, -0.1) is 0 Å². The summed E-state index contributed by atoms with van der Waals surface area (Å²) in [5.41, 5.74) is 9.82. The van der Waals surface area contributed by atoms with Gasteiger partial charge in [-0.05, 0) is 37.3 Å². The van der Waals surface area contributed by atoms with E-state index in [1.165, 1.54) is 23.8 Å². The Balaban J connectivity index is 2.67. The lowest BCUT2D eigenvalue weighted by atomic mass is 9.91. The SMILES string of the molecule is COC(=O)CC(C)CC(N)c1cc(C)ccc1C. The first-order valence-corrected chi connectivity index (χ1v) is 6.33. The van der Waals surface area contributed by atoms with Gasteiger partial charge in [-0.2, -0.15) is 0 Å². The summed E-state index contributed by atoms with van der Waals surface area (Å²) in [6.07, 6.45) is 1.22. The first kappa shape index (κ1) is 14.7. The number of nitrogens with two attached hydrogens (primary N) is 1. The molecule has 0 radical (unpaired) electrons. The van der Waals surface area contributed by atoms with Crippen LogP contribution in [0.1, 0.15) is 42.5 Å². The van der Waals surface area contributed by atoms with Crippen molar-refractivity contribution in [2.75, 3.05) is 7.11 Å². The van der Waals surface area contributed by atoms with E-state index in [9.17, 15) is 4.79 Å². The molecule has 1 rings (SSSR count). The molecule has 0 aliphatic carbocycles. The molecule has 1 aromatic carbocycles. The number of aryl methyl sites for hydroxylation is 2. The predicted octanol–water partition coefficient (Wildman–Crippen LogP) is 2.89. The third-order valence-corrected chi connectivity index (χ3v) is 3.23. The molecule has 0 aliphatic rings. The molecule has 3 heteroatoms. The minimum absolute atomic E-state index is 0.0236. The molecule has 0 spiro atoms.